The van der Waals surface area contributed by atoms with Gasteiger partial charge in [0, 0.05) is 21.7 Å². The number of carbonyl (C=O) groups is 2. The fraction of sp³-hybridized carbons (Fsp3) is 0.158. The normalized spacial score (nSPS) is 12.3. The van der Waals surface area contributed by atoms with Gasteiger partial charge in [-0.25, -0.2) is 4.39 Å². The zero-order chi connectivity index (χ0) is 19.2. The molecule has 134 valence electrons. The van der Waals surface area contributed by atoms with Crippen LogP contribution in [0.5, 0.6) is 5.75 Å². The number of primary amides is 1. The Hall–Kier alpha value is -2.86. The molecule has 1 heterocycles. The molecule has 0 unspecified atom stereocenters. The number of hydrogen-bond acceptors (Lipinski definition) is 3. The SMILES string of the molecule is Cc1c([C@H](C)C(N)=O)c2c(F)c(O)ccc2n1C(=O)c1ccc(Cl)cc1. The van der Waals surface area contributed by atoms with Gasteiger partial charge in [-0.1, -0.05) is 11.6 Å². The van der Waals surface area contributed by atoms with Crippen LogP contribution in [0.4, 0.5) is 4.39 Å². The van der Waals surface area contributed by atoms with Crippen LogP contribution in [-0.4, -0.2) is 21.5 Å². The number of hydrogen-bond donors (Lipinski definition) is 2. The predicted molar refractivity (Wildman–Crippen MR) is 97.1 cm³/mol. The van der Waals surface area contributed by atoms with Crippen molar-refractivity contribution in [2.45, 2.75) is 19.8 Å². The zero-order valence-electron chi connectivity index (χ0n) is 14.1. The van der Waals surface area contributed by atoms with Crippen molar-refractivity contribution in [3.8, 4) is 5.75 Å². The lowest BCUT2D eigenvalue weighted by Gasteiger charge is -2.10. The Morgan fingerprint density at radius 3 is 2.38 bits per heavy atom. The maximum absolute atomic E-state index is 14.7. The third-order valence-corrected chi connectivity index (χ3v) is 4.74. The second-order valence-corrected chi connectivity index (χ2v) is 6.50. The van der Waals surface area contributed by atoms with Crippen LogP contribution in [0.3, 0.4) is 0 Å². The Balaban J connectivity index is 2.34. The Morgan fingerprint density at radius 1 is 1.19 bits per heavy atom. The van der Waals surface area contributed by atoms with Gasteiger partial charge in [0.15, 0.2) is 11.6 Å². The van der Waals surface area contributed by atoms with Crippen molar-refractivity contribution in [1.82, 2.24) is 4.57 Å². The second-order valence-electron chi connectivity index (χ2n) is 6.06. The number of aromatic hydroxyl groups is 1. The fourth-order valence-electron chi connectivity index (χ4n) is 3.13. The van der Waals surface area contributed by atoms with Crippen LogP contribution in [0.25, 0.3) is 10.9 Å². The number of nitrogens with zero attached hydrogens (tertiary/aromatic N) is 1. The van der Waals surface area contributed by atoms with Crippen LogP contribution in [0.2, 0.25) is 5.02 Å². The predicted octanol–water partition coefficient (Wildman–Crippen LogP) is 3.73. The van der Waals surface area contributed by atoms with E-state index in [9.17, 15) is 19.1 Å². The molecule has 3 rings (SSSR count). The van der Waals surface area contributed by atoms with Gasteiger partial charge in [0.1, 0.15) is 0 Å². The van der Waals surface area contributed by atoms with Crippen LogP contribution in [0.1, 0.15) is 34.5 Å². The van der Waals surface area contributed by atoms with Crippen molar-refractivity contribution in [3.05, 3.63) is 64.1 Å². The molecule has 0 bridgehead atoms. The first-order chi connectivity index (χ1) is 12.2. The summed E-state index contributed by atoms with van der Waals surface area (Å²) in [4.78, 5) is 24.7. The molecule has 1 amide bonds. The molecule has 3 N–H and O–H groups in total. The van der Waals surface area contributed by atoms with Gasteiger partial charge in [-0.05, 0) is 55.8 Å². The summed E-state index contributed by atoms with van der Waals surface area (Å²) in [5.41, 5.74) is 6.66. The minimum atomic E-state index is -0.892. The largest absolute Gasteiger partial charge is 0.505 e. The fourth-order valence-corrected chi connectivity index (χ4v) is 3.26. The molecular weight excluding hydrogens is 359 g/mol. The molecular formula is C19H16ClFN2O3. The highest BCUT2D eigenvalue weighted by Crippen LogP contribution is 2.37. The maximum Gasteiger partial charge on any atom is 0.262 e. The number of benzene rings is 2. The van der Waals surface area contributed by atoms with Gasteiger partial charge in [0.2, 0.25) is 5.91 Å². The lowest BCUT2D eigenvalue weighted by Crippen LogP contribution is -2.20. The van der Waals surface area contributed by atoms with Crippen LogP contribution in [0.15, 0.2) is 36.4 Å². The highest BCUT2D eigenvalue weighted by Gasteiger charge is 2.28. The van der Waals surface area contributed by atoms with Gasteiger partial charge < -0.3 is 10.8 Å². The second kappa shape index (κ2) is 6.46. The van der Waals surface area contributed by atoms with E-state index in [4.69, 9.17) is 17.3 Å². The minimum absolute atomic E-state index is 0.0103. The highest BCUT2D eigenvalue weighted by atomic mass is 35.5. The standard InChI is InChI=1S/C19H16ClFN2O3/c1-9(18(22)25)15-10(2)23(13-7-8-14(24)17(21)16(13)15)19(26)11-3-5-12(20)6-4-11/h3-9,24H,1-2H3,(H2,22,25)/t9-/m0/s1. The lowest BCUT2D eigenvalue weighted by atomic mass is 9.97. The monoisotopic (exact) mass is 374 g/mol. The number of phenols is 1. The summed E-state index contributed by atoms with van der Waals surface area (Å²) in [6, 6.07) is 8.88. The summed E-state index contributed by atoms with van der Waals surface area (Å²) in [7, 11) is 0. The van der Waals surface area contributed by atoms with Crippen molar-refractivity contribution >= 4 is 34.3 Å². The number of nitrogens with two attached hydrogens (primary N) is 1. The maximum atomic E-state index is 14.7. The smallest absolute Gasteiger partial charge is 0.262 e. The molecule has 5 nitrogen and oxygen atoms in total. The first kappa shape index (κ1) is 17.9. The molecule has 0 spiro atoms. The summed E-state index contributed by atoms with van der Waals surface area (Å²) in [5, 5.41) is 10.2. The van der Waals surface area contributed by atoms with E-state index in [1.165, 1.54) is 23.6 Å². The average molecular weight is 375 g/mol. The van der Waals surface area contributed by atoms with Crippen molar-refractivity contribution < 1.29 is 19.1 Å². The number of carbonyl (C=O) groups excluding carboxylic acids is 2. The molecule has 0 saturated carbocycles. The molecule has 0 saturated heterocycles. The molecule has 0 aliphatic heterocycles. The summed E-state index contributed by atoms with van der Waals surface area (Å²) in [6.07, 6.45) is 0. The van der Waals surface area contributed by atoms with Crippen molar-refractivity contribution in [2.75, 3.05) is 0 Å². The molecule has 2 aromatic carbocycles. The average Bonchev–Trinajstić information content (AvgIpc) is 2.90. The van der Waals surface area contributed by atoms with Crippen molar-refractivity contribution in [2.24, 2.45) is 5.73 Å². The number of rotatable bonds is 3. The Morgan fingerprint density at radius 2 is 1.81 bits per heavy atom. The Kier molecular flexibility index (Phi) is 4.46. The van der Waals surface area contributed by atoms with E-state index >= 15 is 0 Å². The number of halogens is 2. The summed E-state index contributed by atoms with van der Waals surface area (Å²) >= 11 is 5.86. The van der Waals surface area contributed by atoms with E-state index in [-0.39, 0.29) is 16.5 Å². The van der Waals surface area contributed by atoms with E-state index in [1.807, 2.05) is 0 Å². The van der Waals surface area contributed by atoms with Crippen molar-refractivity contribution in [1.29, 1.82) is 0 Å². The van der Waals surface area contributed by atoms with E-state index in [1.54, 1.807) is 31.2 Å². The zero-order valence-corrected chi connectivity index (χ0v) is 14.8. The third kappa shape index (κ3) is 2.72. The number of phenolic OH excluding ortho intramolecular Hbond substituents is 1. The molecule has 0 fully saturated rings. The van der Waals surface area contributed by atoms with E-state index in [0.29, 0.717) is 16.3 Å². The molecule has 0 aliphatic carbocycles. The van der Waals surface area contributed by atoms with Gasteiger partial charge in [-0.2, -0.15) is 0 Å². The topological polar surface area (TPSA) is 85.3 Å². The molecule has 1 aromatic heterocycles. The van der Waals surface area contributed by atoms with Crippen LogP contribution < -0.4 is 5.73 Å². The van der Waals surface area contributed by atoms with Gasteiger partial charge in [-0.15, -0.1) is 0 Å². The van der Waals surface area contributed by atoms with E-state index in [2.05, 4.69) is 0 Å². The summed E-state index contributed by atoms with van der Waals surface area (Å²) in [6.45, 7) is 3.14. The van der Waals surface area contributed by atoms with Crippen molar-refractivity contribution in [3.63, 3.8) is 0 Å². The Bertz CT molecular complexity index is 1040. The molecule has 3 aromatic rings. The van der Waals surface area contributed by atoms with Crippen LogP contribution >= 0.6 is 11.6 Å². The van der Waals surface area contributed by atoms with Gasteiger partial charge >= 0.3 is 0 Å². The Labute approximate surface area is 153 Å². The quantitative estimate of drug-likeness (QED) is 0.732. The minimum Gasteiger partial charge on any atom is -0.505 e. The van der Waals surface area contributed by atoms with Gasteiger partial charge in [0.25, 0.3) is 5.91 Å². The highest BCUT2D eigenvalue weighted by molar-refractivity contribution is 6.30. The van der Waals surface area contributed by atoms with Gasteiger partial charge in [0.05, 0.1) is 11.4 Å². The van der Waals surface area contributed by atoms with Gasteiger partial charge in [-0.3, -0.25) is 14.2 Å². The molecule has 1 atom stereocenters. The summed E-state index contributed by atoms with van der Waals surface area (Å²) in [5.74, 6) is -3.36. The first-order valence-corrected chi connectivity index (χ1v) is 8.23. The molecule has 7 heteroatoms. The molecule has 0 aliphatic rings. The third-order valence-electron chi connectivity index (χ3n) is 4.49. The number of aromatic nitrogens is 1. The van der Waals surface area contributed by atoms with Crippen LogP contribution in [0, 0.1) is 12.7 Å². The number of fused-ring (bicyclic) bond motifs is 1. The lowest BCUT2D eigenvalue weighted by molar-refractivity contribution is -0.119. The molecule has 26 heavy (non-hydrogen) atoms. The molecule has 0 radical (unpaired) electrons. The van der Waals surface area contributed by atoms with E-state index in [0.717, 1.165) is 0 Å². The summed E-state index contributed by atoms with van der Waals surface area (Å²) < 4.78 is 16.0. The number of amides is 1. The van der Waals surface area contributed by atoms with E-state index < -0.39 is 29.3 Å². The first-order valence-electron chi connectivity index (χ1n) is 7.86. The van der Waals surface area contributed by atoms with Crippen LogP contribution in [-0.2, 0) is 4.79 Å².